The van der Waals surface area contributed by atoms with E-state index in [2.05, 4.69) is 15.0 Å². The third-order valence-electron chi connectivity index (χ3n) is 3.00. The standard InChI is InChI=1S/C15H17N3O3/c1-21-14(19)3-2-8-17-15(20)12-4-6-13(7-5-12)18-10-9-16-11-18/h4-7,9-11H,2-3,8H2,1H3,(H,17,20). The number of hydrogen-bond acceptors (Lipinski definition) is 4. The van der Waals surface area contributed by atoms with Crippen LogP contribution in [0.25, 0.3) is 5.69 Å². The first-order valence-corrected chi connectivity index (χ1v) is 6.64. The molecule has 0 unspecified atom stereocenters. The van der Waals surface area contributed by atoms with Gasteiger partial charge in [-0.25, -0.2) is 4.98 Å². The molecule has 0 spiro atoms. The summed E-state index contributed by atoms with van der Waals surface area (Å²) in [4.78, 5) is 26.8. The molecule has 0 radical (unpaired) electrons. The van der Waals surface area contributed by atoms with Gasteiger partial charge in [0, 0.05) is 36.6 Å². The van der Waals surface area contributed by atoms with Gasteiger partial charge in [-0.1, -0.05) is 0 Å². The largest absolute Gasteiger partial charge is 0.469 e. The van der Waals surface area contributed by atoms with E-state index in [1.165, 1.54) is 7.11 Å². The Labute approximate surface area is 122 Å². The summed E-state index contributed by atoms with van der Waals surface area (Å²) in [5.41, 5.74) is 1.52. The first-order chi connectivity index (χ1) is 10.2. The Morgan fingerprint density at radius 3 is 2.67 bits per heavy atom. The summed E-state index contributed by atoms with van der Waals surface area (Å²) < 4.78 is 6.39. The number of nitrogens with one attached hydrogen (secondary N) is 1. The molecule has 0 bridgehead atoms. The number of carbonyl (C=O) groups excluding carboxylic acids is 2. The zero-order valence-corrected chi connectivity index (χ0v) is 11.8. The van der Waals surface area contributed by atoms with Gasteiger partial charge in [0.25, 0.3) is 5.91 Å². The van der Waals surface area contributed by atoms with Gasteiger partial charge in [-0.3, -0.25) is 9.59 Å². The maximum atomic E-state index is 11.9. The fraction of sp³-hybridized carbons (Fsp3) is 0.267. The number of hydrogen-bond donors (Lipinski definition) is 1. The summed E-state index contributed by atoms with van der Waals surface area (Å²) in [5.74, 6) is -0.425. The summed E-state index contributed by atoms with van der Waals surface area (Å²) in [5, 5.41) is 2.77. The van der Waals surface area contributed by atoms with E-state index >= 15 is 0 Å². The molecule has 0 aliphatic rings. The van der Waals surface area contributed by atoms with Crippen LogP contribution >= 0.6 is 0 Å². The van der Waals surface area contributed by atoms with Crippen molar-refractivity contribution in [2.75, 3.05) is 13.7 Å². The van der Waals surface area contributed by atoms with Crippen LogP contribution in [0, 0.1) is 0 Å². The number of methoxy groups -OCH3 is 1. The van der Waals surface area contributed by atoms with Crippen molar-refractivity contribution in [3.63, 3.8) is 0 Å². The Morgan fingerprint density at radius 1 is 1.29 bits per heavy atom. The molecule has 0 saturated heterocycles. The van der Waals surface area contributed by atoms with E-state index in [1.807, 2.05) is 22.9 Å². The number of ether oxygens (including phenoxy) is 1. The molecule has 110 valence electrons. The molecule has 1 N–H and O–H groups in total. The van der Waals surface area contributed by atoms with Gasteiger partial charge in [0.1, 0.15) is 0 Å². The average Bonchev–Trinajstić information content (AvgIpc) is 3.05. The van der Waals surface area contributed by atoms with Gasteiger partial charge >= 0.3 is 5.97 Å². The molecule has 2 rings (SSSR count). The van der Waals surface area contributed by atoms with Crippen LogP contribution in [-0.2, 0) is 9.53 Å². The predicted molar refractivity (Wildman–Crippen MR) is 77.1 cm³/mol. The van der Waals surface area contributed by atoms with E-state index in [0.29, 0.717) is 24.9 Å². The molecule has 2 aromatic rings. The molecular formula is C15H17N3O3. The number of amides is 1. The molecule has 1 heterocycles. The molecule has 1 amide bonds. The van der Waals surface area contributed by atoms with Crippen molar-refractivity contribution < 1.29 is 14.3 Å². The van der Waals surface area contributed by atoms with Crippen molar-refractivity contribution in [2.24, 2.45) is 0 Å². The SMILES string of the molecule is COC(=O)CCCNC(=O)c1ccc(-n2ccnc2)cc1. The fourth-order valence-corrected chi connectivity index (χ4v) is 1.84. The molecular weight excluding hydrogens is 270 g/mol. The van der Waals surface area contributed by atoms with E-state index in [-0.39, 0.29) is 11.9 Å². The highest BCUT2D eigenvalue weighted by atomic mass is 16.5. The van der Waals surface area contributed by atoms with Crippen LogP contribution in [-0.4, -0.2) is 35.1 Å². The Hall–Kier alpha value is -2.63. The number of rotatable bonds is 6. The van der Waals surface area contributed by atoms with Gasteiger partial charge in [0.15, 0.2) is 0 Å². The van der Waals surface area contributed by atoms with Gasteiger partial charge in [-0.2, -0.15) is 0 Å². The van der Waals surface area contributed by atoms with Crippen molar-refractivity contribution in [2.45, 2.75) is 12.8 Å². The molecule has 1 aromatic heterocycles. The van der Waals surface area contributed by atoms with Crippen LogP contribution in [0.5, 0.6) is 0 Å². The first kappa shape index (κ1) is 14.8. The molecule has 0 aliphatic heterocycles. The van der Waals surface area contributed by atoms with Gasteiger partial charge in [0.05, 0.1) is 13.4 Å². The number of nitrogens with zero attached hydrogens (tertiary/aromatic N) is 2. The van der Waals surface area contributed by atoms with Gasteiger partial charge in [0.2, 0.25) is 0 Å². The summed E-state index contributed by atoms with van der Waals surface area (Å²) in [6.45, 7) is 0.442. The van der Waals surface area contributed by atoms with Crippen LogP contribution in [0.2, 0.25) is 0 Å². The molecule has 0 atom stereocenters. The van der Waals surface area contributed by atoms with E-state index < -0.39 is 0 Å². The number of benzene rings is 1. The number of imidazole rings is 1. The van der Waals surface area contributed by atoms with E-state index in [9.17, 15) is 9.59 Å². The first-order valence-electron chi connectivity index (χ1n) is 6.64. The van der Waals surface area contributed by atoms with Crippen molar-refractivity contribution in [3.8, 4) is 5.69 Å². The number of carbonyl (C=O) groups is 2. The minimum absolute atomic E-state index is 0.156. The Morgan fingerprint density at radius 2 is 2.05 bits per heavy atom. The molecule has 21 heavy (non-hydrogen) atoms. The molecule has 0 aliphatic carbocycles. The van der Waals surface area contributed by atoms with Gasteiger partial charge in [-0.05, 0) is 30.7 Å². The van der Waals surface area contributed by atoms with Crippen LogP contribution in [0.4, 0.5) is 0 Å². The predicted octanol–water partition coefficient (Wildman–Crippen LogP) is 1.56. The van der Waals surface area contributed by atoms with E-state index in [4.69, 9.17) is 0 Å². The number of aromatic nitrogens is 2. The lowest BCUT2D eigenvalue weighted by atomic mass is 10.2. The average molecular weight is 287 g/mol. The second-order valence-corrected chi connectivity index (χ2v) is 4.45. The maximum absolute atomic E-state index is 11.9. The lowest BCUT2D eigenvalue weighted by Crippen LogP contribution is -2.24. The minimum atomic E-state index is -0.270. The third-order valence-corrected chi connectivity index (χ3v) is 3.00. The van der Waals surface area contributed by atoms with Crippen molar-refractivity contribution >= 4 is 11.9 Å². The van der Waals surface area contributed by atoms with Crippen LogP contribution in [0.15, 0.2) is 43.0 Å². The van der Waals surface area contributed by atoms with Gasteiger partial charge < -0.3 is 14.6 Å². The molecule has 6 nitrogen and oxygen atoms in total. The van der Waals surface area contributed by atoms with E-state index in [0.717, 1.165) is 5.69 Å². The smallest absolute Gasteiger partial charge is 0.305 e. The topological polar surface area (TPSA) is 73.2 Å². The lowest BCUT2D eigenvalue weighted by molar-refractivity contribution is -0.140. The summed E-state index contributed by atoms with van der Waals surface area (Å²) >= 11 is 0. The van der Waals surface area contributed by atoms with Crippen molar-refractivity contribution in [3.05, 3.63) is 48.5 Å². The molecule has 0 fully saturated rings. The molecule has 6 heteroatoms. The van der Waals surface area contributed by atoms with E-state index in [1.54, 1.807) is 24.7 Å². The second-order valence-electron chi connectivity index (χ2n) is 4.45. The monoisotopic (exact) mass is 287 g/mol. The second kappa shape index (κ2) is 7.23. The highest BCUT2D eigenvalue weighted by Crippen LogP contribution is 2.09. The summed E-state index contributed by atoms with van der Waals surface area (Å²) in [6.07, 6.45) is 6.09. The van der Waals surface area contributed by atoms with Crippen LogP contribution in [0.3, 0.4) is 0 Å². The van der Waals surface area contributed by atoms with Crippen LogP contribution < -0.4 is 5.32 Å². The summed E-state index contributed by atoms with van der Waals surface area (Å²) in [7, 11) is 1.35. The highest BCUT2D eigenvalue weighted by molar-refractivity contribution is 5.94. The molecule has 0 saturated carbocycles. The Balaban J connectivity index is 1.84. The zero-order valence-electron chi connectivity index (χ0n) is 11.8. The zero-order chi connectivity index (χ0) is 15.1. The molecule has 1 aromatic carbocycles. The Kier molecular flexibility index (Phi) is 5.09. The van der Waals surface area contributed by atoms with Crippen molar-refractivity contribution in [1.29, 1.82) is 0 Å². The quantitative estimate of drug-likeness (QED) is 0.646. The normalized spacial score (nSPS) is 10.1. The van der Waals surface area contributed by atoms with Crippen molar-refractivity contribution in [1.82, 2.24) is 14.9 Å². The number of esters is 1. The third kappa shape index (κ3) is 4.17. The fourth-order valence-electron chi connectivity index (χ4n) is 1.84. The van der Waals surface area contributed by atoms with Crippen LogP contribution in [0.1, 0.15) is 23.2 Å². The highest BCUT2D eigenvalue weighted by Gasteiger charge is 2.06. The minimum Gasteiger partial charge on any atom is -0.469 e. The lowest BCUT2D eigenvalue weighted by Gasteiger charge is -2.06. The summed E-state index contributed by atoms with van der Waals surface area (Å²) in [6, 6.07) is 7.21. The van der Waals surface area contributed by atoms with Gasteiger partial charge in [-0.15, -0.1) is 0 Å². The Bertz CT molecular complexity index is 591. The maximum Gasteiger partial charge on any atom is 0.305 e.